The minimum absolute atomic E-state index is 0.0402. The Kier molecular flexibility index (Phi) is 8.14. The number of carbonyl (C=O) groups excluding carboxylic acids is 2. The van der Waals surface area contributed by atoms with E-state index in [0.717, 1.165) is 17.5 Å². The molecule has 2 rings (SSSR count). The molecule has 6 heteroatoms. The van der Waals surface area contributed by atoms with Crippen molar-refractivity contribution in [1.82, 2.24) is 10.2 Å². The van der Waals surface area contributed by atoms with Crippen LogP contribution in [0.4, 0.5) is 0 Å². The van der Waals surface area contributed by atoms with Crippen LogP contribution in [0.25, 0.3) is 0 Å². The molecule has 2 amide bonds. The molecule has 4 nitrogen and oxygen atoms in total. The fraction of sp³-hybridized carbons (Fsp3) is 0.333. The van der Waals surface area contributed by atoms with Crippen LogP contribution in [0.1, 0.15) is 37.8 Å². The fourth-order valence-electron chi connectivity index (χ4n) is 2.67. The summed E-state index contributed by atoms with van der Waals surface area (Å²) in [6, 6.07) is 14.0. The molecule has 0 aliphatic heterocycles. The Hall–Kier alpha value is -2.04. The molecule has 0 bridgehead atoms. The first-order valence-corrected chi connectivity index (χ1v) is 9.72. The monoisotopic (exact) mass is 406 g/mol. The van der Waals surface area contributed by atoms with Crippen molar-refractivity contribution in [2.45, 2.75) is 45.8 Å². The van der Waals surface area contributed by atoms with Gasteiger partial charge in [0.15, 0.2) is 0 Å². The maximum atomic E-state index is 12.6. The van der Waals surface area contributed by atoms with E-state index in [1.165, 1.54) is 0 Å². The highest BCUT2D eigenvalue weighted by Crippen LogP contribution is 2.15. The van der Waals surface area contributed by atoms with Gasteiger partial charge in [-0.05, 0) is 48.7 Å². The molecule has 0 aromatic heterocycles. The van der Waals surface area contributed by atoms with Gasteiger partial charge in [0.2, 0.25) is 11.8 Å². The highest BCUT2D eigenvalue weighted by Gasteiger charge is 2.25. The van der Waals surface area contributed by atoms with Gasteiger partial charge in [-0.15, -0.1) is 0 Å². The van der Waals surface area contributed by atoms with E-state index in [2.05, 4.69) is 5.32 Å². The number of rotatable bonds is 8. The predicted molar refractivity (Wildman–Crippen MR) is 110 cm³/mol. The van der Waals surface area contributed by atoms with Crippen LogP contribution in [-0.2, 0) is 22.7 Å². The Bertz CT molecular complexity index is 761. The SMILES string of the molecule is CCCC(=O)N(Cc1ccc(Cl)cc1)[C@@H](C)C(=O)NCc1ccc(Cl)cc1. The van der Waals surface area contributed by atoms with Crippen LogP contribution >= 0.6 is 23.2 Å². The van der Waals surface area contributed by atoms with E-state index in [-0.39, 0.29) is 11.8 Å². The summed E-state index contributed by atoms with van der Waals surface area (Å²) in [7, 11) is 0. The van der Waals surface area contributed by atoms with Gasteiger partial charge in [-0.25, -0.2) is 0 Å². The van der Waals surface area contributed by atoms with Crippen LogP contribution < -0.4 is 5.32 Å². The second kappa shape index (κ2) is 10.3. The molecule has 2 aromatic carbocycles. The molecule has 0 saturated carbocycles. The Morgan fingerprint density at radius 2 is 1.48 bits per heavy atom. The van der Waals surface area contributed by atoms with Crippen molar-refractivity contribution < 1.29 is 9.59 Å². The predicted octanol–water partition coefficient (Wildman–Crippen LogP) is 4.83. The normalized spacial score (nSPS) is 11.7. The van der Waals surface area contributed by atoms with Crippen LogP contribution in [0.5, 0.6) is 0 Å². The number of hydrogen-bond acceptors (Lipinski definition) is 2. The van der Waals surface area contributed by atoms with Gasteiger partial charge < -0.3 is 10.2 Å². The Morgan fingerprint density at radius 1 is 0.963 bits per heavy atom. The molecule has 0 spiro atoms. The first kappa shape index (κ1) is 21.3. The fourth-order valence-corrected chi connectivity index (χ4v) is 2.92. The van der Waals surface area contributed by atoms with Gasteiger partial charge in [-0.3, -0.25) is 9.59 Å². The van der Waals surface area contributed by atoms with Crippen LogP contribution in [0.15, 0.2) is 48.5 Å². The van der Waals surface area contributed by atoms with E-state index in [9.17, 15) is 9.59 Å². The zero-order valence-electron chi connectivity index (χ0n) is 15.5. The third-order valence-corrected chi connectivity index (χ3v) is 4.78. The highest BCUT2D eigenvalue weighted by molar-refractivity contribution is 6.30. The smallest absolute Gasteiger partial charge is 0.242 e. The van der Waals surface area contributed by atoms with E-state index in [1.807, 2.05) is 31.2 Å². The lowest BCUT2D eigenvalue weighted by molar-refractivity contribution is -0.140. The average Bonchev–Trinajstić information content (AvgIpc) is 2.66. The summed E-state index contributed by atoms with van der Waals surface area (Å²) in [5, 5.41) is 4.18. The number of hydrogen-bond donors (Lipinski definition) is 1. The number of amides is 2. The second-order valence-electron chi connectivity index (χ2n) is 6.42. The van der Waals surface area contributed by atoms with Crippen molar-refractivity contribution >= 4 is 35.0 Å². The van der Waals surface area contributed by atoms with E-state index < -0.39 is 6.04 Å². The summed E-state index contributed by atoms with van der Waals surface area (Å²) in [4.78, 5) is 26.8. The summed E-state index contributed by atoms with van der Waals surface area (Å²) in [5.41, 5.74) is 1.88. The number of nitrogens with one attached hydrogen (secondary N) is 1. The molecule has 2 aromatic rings. The summed E-state index contributed by atoms with van der Waals surface area (Å²) >= 11 is 11.8. The molecule has 0 radical (unpaired) electrons. The molecule has 27 heavy (non-hydrogen) atoms. The van der Waals surface area contributed by atoms with Crippen LogP contribution in [0.3, 0.4) is 0 Å². The van der Waals surface area contributed by atoms with Crippen LogP contribution in [0, 0.1) is 0 Å². The molecule has 0 aliphatic carbocycles. The minimum atomic E-state index is -0.577. The van der Waals surface area contributed by atoms with Gasteiger partial charge in [0.25, 0.3) is 0 Å². The lowest BCUT2D eigenvalue weighted by atomic mass is 10.1. The quantitative estimate of drug-likeness (QED) is 0.682. The van der Waals surface area contributed by atoms with Crippen LogP contribution in [0.2, 0.25) is 10.0 Å². The maximum absolute atomic E-state index is 12.6. The largest absolute Gasteiger partial charge is 0.350 e. The van der Waals surface area contributed by atoms with Crippen molar-refractivity contribution in [1.29, 1.82) is 0 Å². The van der Waals surface area contributed by atoms with Gasteiger partial charge in [-0.2, -0.15) is 0 Å². The standard InChI is InChI=1S/C21H24Cl2N2O2/c1-3-4-20(26)25(14-17-7-11-19(23)12-8-17)15(2)21(27)24-13-16-5-9-18(22)10-6-16/h5-12,15H,3-4,13-14H2,1-2H3,(H,24,27)/t15-/m0/s1. The van der Waals surface area contributed by atoms with E-state index in [1.54, 1.807) is 36.1 Å². The topological polar surface area (TPSA) is 49.4 Å². The molecule has 1 N–H and O–H groups in total. The molecule has 0 heterocycles. The lowest BCUT2D eigenvalue weighted by Gasteiger charge is -2.29. The number of carbonyl (C=O) groups is 2. The first-order valence-electron chi connectivity index (χ1n) is 8.96. The molecular formula is C21H24Cl2N2O2. The van der Waals surface area contributed by atoms with Gasteiger partial charge in [0.05, 0.1) is 0 Å². The summed E-state index contributed by atoms with van der Waals surface area (Å²) in [5.74, 6) is -0.232. The Balaban J connectivity index is 2.05. The summed E-state index contributed by atoms with van der Waals surface area (Å²) < 4.78 is 0. The third kappa shape index (κ3) is 6.56. The van der Waals surface area contributed by atoms with Gasteiger partial charge >= 0.3 is 0 Å². The lowest BCUT2D eigenvalue weighted by Crippen LogP contribution is -2.47. The zero-order valence-corrected chi connectivity index (χ0v) is 17.1. The van der Waals surface area contributed by atoms with Crippen LogP contribution in [-0.4, -0.2) is 22.8 Å². The molecule has 0 aliphatic rings. The molecule has 1 atom stereocenters. The highest BCUT2D eigenvalue weighted by atomic mass is 35.5. The molecule has 0 unspecified atom stereocenters. The number of nitrogens with zero attached hydrogens (tertiary/aromatic N) is 1. The first-order chi connectivity index (χ1) is 12.9. The van der Waals surface area contributed by atoms with Gasteiger partial charge in [-0.1, -0.05) is 54.4 Å². The van der Waals surface area contributed by atoms with Crippen molar-refractivity contribution in [3.63, 3.8) is 0 Å². The van der Waals surface area contributed by atoms with Crippen molar-refractivity contribution in [3.8, 4) is 0 Å². The molecule has 144 valence electrons. The Morgan fingerprint density at radius 3 is 2.00 bits per heavy atom. The zero-order chi connectivity index (χ0) is 19.8. The maximum Gasteiger partial charge on any atom is 0.242 e. The van der Waals surface area contributed by atoms with E-state index in [0.29, 0.717) is 29.6 Å². The van der Waals surface area contributed by atoms with E-state index in [4.69, 9.17) is 23.2 Å². The van der Waals surface area contributed by atoms with Crippen molar-refractivity contribution in [2.75, 3.05) is 0 Å². The molecule has 0 fully saturated rings. The minimum Gasteiger partial charge on any atom is -0.350 e. The Labute approximate surface area is 170 Å². The average molecular weight is 407 g/mol. The number of halogens is 2. The molecule has 0 saturated heterocycles. The van der Waals surface area contributed by atoms with E-state index >= 15 is 0 Å². The van der Waals surface area contributed by atoms with Crippen molar-refractivity contribution in [3.05, 3.63) is 69.7 Å². The number of benzene rings is 2. The van der Waals surface area contributed by atoms with Crippen molar-refractivity contribution in [2.24, 2.45) is 0 Å². The second-order valence-corrected chi connectivity index (χ2v) is 7.29. The van der Waals surface area contributed by atoms with Gasteiger partial charge in [0.1, 0.15) is 6.04 Å². The van der Waals surface area contributed by atoms with Gasteiger partial charge in [0, 0.05) is 29.6 Å². The summed E-state index contributed by atoms with van der Waals surface area (Å²) in [6.07, 6.45) is 1.14. The summed E-state index contributed by atoms with van der Waals surface area (Å²) in [6.45, 7) is 4.45. The third-order valence-electron chi connectivity index (χ3n) is 4.28. The molecular weight excluding hydrogens is 383 g/mol.